The van der Waals surface area contributed by atoms with Crippen LogP contribution in [-0.4, -0.2) is 46.9 Å². The number of rotatable bonds is 45. The number of allylic oxidation sites excluding steroid dienone is 9. The maximum Gasteiger partial charge on any atom is 0.306 e. The van der Waals surface area contributed by atoms with Crippen LogP contribution in [0.25, 0.3) is 0 Å². The lowest BCUT2D eigenvalue weighted by Crippen LogP contribution is -2.46. The van der Waals surface area contributed by atoms with E-state index in [0.29, 0.717) is 19.3 Å². The van der Waals surface area contributed by atoms with E-state index in [0.717, 1.165) is 44.9 Å². The van der Waals surface area contributed by atoms with Crippen molar-refractivity contribution in [3.63, 3.8) is 0 Å². The number of carbonyl (C=O) groups is 2. The second-order valence-corrected chi connectivity index (χ2v) is 17.3. The molecule has 0 aromatic carbocycles. The van der Waals surface area contributed by atoms with Gasteiger partial charge in [0.15, 0.2) is 0 Å². The molecule has 0 aliphatic rings. The van der Waals surface area contributed by atoms with Crippen LogP contribution in [0.15, 0.2) is 60.8 Å². The molecule has 0 fully saturated rings. The summed E-state index contributed by atoms with van der Waals surface area (Å²) in [5, 5.41) is 23.7. The first-order valence-corrected chi connectivity index (χ1v) is 25.6. The molecule has 3 N–H and O–H groups in total. The first-order valence-electron chi connectivity index (χ1n) is 25.6. The lowest BCUT2D eigenvalue weighted by Gasteiger charge is -2.24. The molecule has 0 saturated carbocycles. The number of amides is 1. The first kappa shape index (κ1) is 57.6. The molecule has 6 heteroatoms. The summed E-state index contributed by atoms with van der Waals surface area (Å²) in [6, 6.07) is -0.738. The number of hydrogen-bond acceptors (Lipinski definition) is 5. The van der Waals surface area contributed by atoms with Crippen molar-refractivity contribution in [1.82, 2.24) is 5.32 Å². The molecular formula is C54H97NO5. The maximum absolute atomic E-state index is 13.1. The fourth-order valence-corrected chi connectivity index (χ4v) is 7.63. The summed E-state index contributed by atoms with van der Waals surface area (Å²) >= 11 is 0. The fraction of sp³-hybridized carbons (Fsp3) is 0.778. The minimum Gasteiger partial charge on any atom is -0.461 e. The van der Waals surface area contributed by atoms with Crippen molar-refractivity contribution < 1.29 is 24.5 Å². The Morgan fingerprint density at radius 3 is 1.27 bits per heavy atom. The number of aliphatic hydroxyl groups is 2. The molecule has 348 valence electrons. The number of carbonyl (C=O) groups excluding carboxylic acids is 2. The zero-order valence-corrected chi connectivity index (χ0v) is 39.6. The van der Waals surface area contributed by atoms with Crippen LogP contribution in [0.1, 0.15) is 245 Å². The second kappa shape index (κ2) is 47.6. The number of ether oxygens (including phenoxy) is 1. The number of aliphatic hydroxyl groups excluding tert-OH is 2. The second-order valence-electron chi connectivity index (χ2n) is 17.3. The molecule has 0 aliphatic carbocycles. The van der Waals surface area contributed by atoms with Gasteiger partial charge in [0.25, 0.3) is 0 Å². The molecule has 0 spiro atoms. The summed E-state index contributed by atoms with van der Waals surface area (Å²) in [6.07, 6.45) is 58.8. The zero-order chi connectivity index (χ0) is 43.8. The molecule has 0 saturated heterocycles. The monoisotopic (exact) mass is 840 g/mol. The Labute approximate surface area is 371 Å². The van der Waals surface area contributed by atoms with E-state index in [1.165, 1.54) is 154 Å². The van der Waals surface area contributed by atoms with Crippen molar-refractivity contribution in [3.8, 4) is 0 Å². The highest BCUT2D eigenvalue weighted by molar-refractivity contribution is 5.77. The summed E-state index contributed by atoms with van der Waals surface area (Å²) in [5.74, 6) is -0.601. The van der Waals surface area contributed by atoms with Gasteiger partial charge in [0, 0.05) is 12.8 Å². The number of esters is 1. The maximum atomic E-state index is 13.1. The molecule has 0 aromatic heterocycles. The van der Waals surface area contributed by atoms with Gasteiger partial charge in [-0.2, -0.15) is 0 Å². The van der Waals surface area contributed by atoms with Crippen molar-refractivity contribution in [3.05, 3.63) is 60.8 Å². The molecule has 3 unspecified atom stereocenters. The van der Waals surface area contributed by atoms with Gasteiger partial charge in [0.2, 0.25) is 5.91 Å². The van der Waals surface area contributed by atoms with Gasteiger partial charge in [0.05, 0.1) is 25.2 Å². The topological polar surface area (TPSA) is 95.9 Å². The van der Waals surface area contributed by atoms with E-state index in [9.17, 15) is 19.8 Å². The summed E-state index contributed by atoms with van der Waals surface area (Å²) in [6.45, 7) is 6.31. The van der Waals surface area contributed by atoms with Crippen LogP contribution in [0.5, 0.6) is 0 Å². The van der Waals surface area contributed by atoms with Crippen LogP contribution in [0.4, 0.5) is 0 Å². The Balaban J connectivity index is 4.60. The average molecular weight is 840 g/mol. The van der Waals surface area contributed by atoms with Crippen LogP contribution in [0, 0.1) is 0 Å². The molecule has 60 heavy (non-hydrogen) atoms. The van der Waals surface area contributed by atoms with Gasteiger partial charge in [-0.3, -0.25) is 9.59 Å². The van der Waals surface area contributed by atoms with Crippen molar-refractivity contribution in [2.75, 3.05) is 6.61 Å². The summed E-state index contributed by atoms with van der Waals surface area (Å²) < 4.78 is 5.84. The molecular weight excluding hydrogens is 743 g/mol. The number of unbranched alkanes of at least 4 members (excludes halogenated alkanes) is 28. The summed E-state index contributed by atoms with van der Waals surface area (Å²) in [5.41, 5.74) is 0. The van der Waals surface area contributed by atoms with E-state index in [1.807, 2.05) is 54.7 Å². The van der Waals surface area contributed by atoms with Gasteiger partial charge in [-0.25, -0.2) is 0 Å². The Hall–Kier alpha value is -2.44. The third kappa shape index (κ3) is 42.3. The van der Waals surface area contributed by atoms with Crippen LogP contribution in [-0.2, 0) is 14.3 Å². The van der Waals surface area contributed by atoms with Crippen LogP contribution >= 0.6 is 0 Å². The lowest BCUT2D eigenvalue weighted by molar-refractivity contribution is -0.150. The Morgan fingerprint density at radius 2 is 0.867 bits per heavy atom. The largest absolute Gasteiger partial charge is 0.461 e. The Kier molecular flexibility index (Phi) is 45.7. The van der Waals surface area contributed by atoms with E-state index in [-0.39, 0.29) is 24.9 Å². The minimum atomic E-state index is -0.817. The molecule has 0 aliphatic heterocycles. The highest BCUT2D eigenvalue weighted by atomic mass is 16.5. The van der Waals surface area contributed by atoms with Gasteiger partial charge in [-0.1, -0.05) is 268 Å². The zero-order valence-electron chi connectivity index (χ0n) is 39.6. The smallest absolute Gasteiger partial charge is 0.306 e. The predicted molar refractivity (Wildman–Crippen MR) is 259 cm³/mol. The highest BCUT2D eigenvalue weighted by Crippen LogP contribution is 2.17. The van der Waals surface area contributed by atoms with Crippen LogP contribution < -0.4 is 5.32 Å². The van der Waals surface area contributed by atoms with Gasteiger partial charge in [-0.15, -0.1) is 0 Å². The van der Waals surface area contributed by atoms with Crippen molar-refractivity contribution >= 4 is 11.9 Å². The van der Waals surface area contributed by atoms with Crippen molar-refractivity contribution in [2.45, 2.75) is 264 Å². The van der Waals surface area contributed by atoms with Crippen LogP contribution in [0.2, 0.25) is 0 Å². The molecule has 6 nitrogen and oxygen atoms in total. The highest BCUT2D eigenvalue weighted by Gasteiger charge is 2.23. The van der Waals surface area contributed by atoms with Crippen LogP contribution in [0.3, 0.4) is 0 Å². The molecule has 0 radical (unpaired) electrons. The summed E-state index contributed by atoms with van der Waals surface area (Å²) in [7, 11) is 0. The van der Waals surface area contributed by atoms with Gasteiger partial charge in [0.1, 0.15) is 6.10 Å². The molecule has 0 bridgehead atoms. The summed E-state index contributed by atoms with van der Waals surface area (Å²) in [4.78, 5) is 26.0. The number of hydrogen-bond donors (Lipinski definition) is 3. The lowest BCUT2D eigenvalue weighted by atomic mass is 10.0. The first-order chi connectivity index (χ1) is 29.5. The Bertz CT molecular complexity index is 1080. The van der Waals surface area contributed by atoms with E-state index in [2.05, 4.69) is 32.2 Å². The van der Waals surface area contributed by atoms with Gasteiger partial charge >= 0.3 is 5.97 Å². The fourth-order valence-electron chi connectivity index (χ4n) is 7.63. The third-order valence-electron chi connectivity index (χ3n) is 11.5. The minimum absolute atomic E-state index is 0.0171. The molecule has 0 aromatic rings. The predicted octanol–water partition coefficient (Wildman–Crippen LogP) is 15.2. The number of nitrogens with one attached hydrogen (secondary N) is 1. The SMILES string of the molecule is CC/C=C/C=C/C=C\C=C/C=C/CC(CC(=O)NC(CO)C(O)CCCCCCCCCCCCCCCC)OC(=O)CCCCCCCCCCCCCCCCCC. The Morgan fingerprint density at radius 1 is 0.500 bits per heavy atom. The standard InChI is InChI=1S/C54H97NO5/c1-4-7-10-13-16-19-22-24-26-27-29-32-35-38-41-44-47-54(59)60-50(45-42-39-36-33-30-21-18-15-12-9-6-3)48-53(58)55-51(49-56)52(57)46-43-40-37-34-31-28-25-23-20-17-14-11-8-5-2/h9,12,15,18,21,30,33,36,39,42,50-52,56-57H,4-8,10-11,13-14,16-17,19-20,22-29,31-32,34-35,37-38,40-41,43-49H2,1-3H3,(H,55,58)/b12-9+,18-15+,30-21-,36-33-,42-39+. The average Bonchev–Trinajstić information content (AvgIpc) is 3.24. The third-order valence-corrected chi connectivity index (χ3v) is 11.5. The molecule has 1 amide bonds. The van der Waals surface area contributed by atoms with Gasteiger partial charge in [-0.05, 0) is 19.3 Å². The molecule has 0 rings (SSSR count). The van der Waals surface area contributed by atoms with E-state index in [4.69, 9.17) is 4.74 Å². The normalized spacial score (nSPS) is 13.8. The van der Waals surface area contributed by atoms with E-state index < -0.39 is 18.2 Å². The quantitative estimate of drug-likeness (QED) is 0.0322. The molecule has 3 atom stereocenters. The van der Waals surface area contributed by atoms with Crippen molar-refractivity contribution in [2.24, 2.45) is 0 Å². The molecule has 0 heterocycles. The van der Waals surface area contributed by atoms with E-state index in [1.54, 1.807) is 0 Å². The van der Waals surface area contributed by atoms with Gasteiger partial charge < -0.3 is 20.3 Å². The van der Waals surface area contributed by atoms with E-state index >= 15 is 0 Å². The van der Waals surface area contributed by atoms with Crippen molar-refractivity contribution in [1.29, 1.82) is 0 Å².